The van der Waals surface area contributed by atoms with Gasteiger partial charge in [0.15, 0.2) is 16.7 Å². The van der Waals surface area contributed by atoms with Crippen molar-refractivity contribution in [1.82, 2.24) is 5.32 Å². The molecule has 0 aromatic heterocycles. The van der Waals surface area contributed by atoms with E-state index in [1.54, 1.807) is 24.3 Å². The van der Waals surface area contributed by atoms with Crippen LogP contribution in [0.5, 0.6) is 11.5 Å². The first-order valence-corrected chi connectivity index (χ1v) is 11.6. The minimum absolute atomic E-state index is 0.187. The zero-order valence-corrected chi connectivity index (χ0v) is 20.2. The molecule has 5 nitrogen and oxygen atoms in total. The third-order valence-electron chi connectivity index (χ3n) is 4.53. The smallest absolute Gasteiger partial charge is 0.264 e. The molecular weight excluding hydrogens is 561 g/mol. The Hall–Kier alpha value is -2.92. The van der Waals surface area contributed by atoms with Crippen LogP contribution in [0, 0.1) is 15.2 Å². The number of carbonyl (C=O) groups is 1. The van der Waals surface area contributed by atoms with E-state index in [-0.39, 0.29) is 24.1 Å². The van der Waals surface area contributed by atoms with Gasteiger partial charge in [0.1, 0.15) is 18.2 Å². The molecule has 1 N–H and O–H groups in total. The summed E-state index contributed by atoms with van der Waals surface area (Å²) in [5, 5.41) is 3.12. The Kier molecular flexibility index (Phi) is 7.29. The van der Waals surface area contributed by atoms with Crippen LogP contribution in [0.1, 0.15) is 11.1 Å². The second-order valence-corrected chi connectivity index (χ2v) is 9.10. The van der Waals surface area contributed by atoms with E-state index in [2.05, 4.69) is 32.9 Å². The van der Waals surface area contributed by atoms with Crippen LogP contribution in [0.2, 0.25) is 0 Å². The molecule has 1 fully saturated rings. The van der Waals surface area contributed by atoms with Gasteiger partial charge < -0.3 is 14.8 Å². The molecule has 0 bridgehead atoms. The number of benzene rings is 3. The second kappa shape index (κ2) is 10.3. The molecule has 168 valence electrons. The van der Waals surface area contributed by atoms with Crippen LogP contribution in [-0.2, 0) is 11.4 Å². The average molecular weight is 578 g/mol. The number of nitrogens with zero attached hydrogens (tertiary/aromatic N) is 1. The van der Waals surface area contributed by atoms with E-state index in [0.717, 1.165) is 9.13 Å². The number of amides is 1. The Morgan fingerprint density at radius 2 is 1.88 bits per heavy atom. The first-order chi connectivity index (χ1) is 15.9. The summed E-state index contributed by atoms with van der Waals surface area (Å²) in [7, 11) is 1.53. The highest BCUT2D eigenvalue weighted by atomic mass is 127. The molecule has 0 atom stereocenters. The molecule has 0 unspecified atom stereocenters. The molecule has 9 heteroatoms. The summed E-state index contributed by atoms with van der Waals surface area (Å²) in [5.74, 6) is 0.0746. The molecule has 0 aliphatic carbocycles. The van der Waals surface area contributed by atoms with E-state index >= 15 is 0 Å². The van der Waals surface area contributed by atoms with Crippen molar-refractivity contribution in [3.63, 3.8) is 0 Å². The van der Waals surface area contributed by atoms with Crippen LogP contribution in [0.25, 0.3) is 6.08 Å². The first kappa shape index (κ1) is 23.2. The fourth-order valence-corrected chi connectivity index (χ4v) is 4.63. The van der Waals surface area contributed by atoms with Gasteiger partial charge in [-0.1, -0.05) is 12.1 Å². The minimum Gasteiger partial charge on any atom is -0.493 e. The Morgan fingerprint density at radius 3 is 2.61 bits per heavy atom. The summed E-state index contributed by atoms with van der Waals surface area (Å²) in [5.41, 5.74) is 1.98. The molecule has 0 radical (unpaired) electrons. The van der Waals surface area contributed by atoms with Gasteiger partial charge in [-0.2, -0.15) is 0 Å². The van der Waals surface area contributed by atoms with Crippen LogP contribution < -0.4 is 14.8 Å². The fourth-order valence-electron chi connectivity index (χ4n) is 3.01. The van der Waals surface area contributed by atoms with Gasteiger partial charge in [0.05, 0.1) is 21.3 Å². The molecule has 1 amide bonds. The Bertz CT molecular complexity index is 1260. The quantitative estimate of drug-likeness (QED) is 0.286. The van der Waals surface area contributed by atoms with Gasteiger partial charge in [-0.3, -0.25) is 4.79 Å². The number of hydrogen-bond donors (Lipinski definition) is 1. The number of thioether (sulfide) groups is 1. The van der Waals surface area contributed by atoms with Crippen molar-refractivity contribution in [3.8, 4) is 11.5 Å². The predicted molar refractivity (Wildman–Crippen MR) is 134 cm³/mol. The van der Waals surface area contributed by atoms with Crippen LogP contribution in [0.3, 0.4) is 0 Å². The molecule has 1 heterocycles. The molecule has 3 aromatic rings. The minimum atomic E-state index is -0.352. The number of carbonyl (C=O) groups excluding carboxylic acids is 1. The maximum Gasteiger partial charge on any atom is 0.264 e. The number of ether oxygens (including phenoxy) is 2. The van der Waals surface area contributed by atoms with Crippen LogP contribution in [-0.4, -0.2) is 18.2 Å². The van der Waals surface area contributed by atoms with Crippen molar-refractivity contribution in [1.29, 1.82) is 0 Å². The Labute approximate surface area is 207 Å². The lowest BCUT2D eigenvalue weighted by molar-refractivity contribution is -0.115. The molecule has 1 aliphatic heterocycles. The number of aliphatic imine (C=N–C) groups is 1. The number of halogens is 3. The van der Waals surface area contributed by atoms with Crippen molar-refractivity contribution in [2.75, 3.05) is 7.11 Å². The highest BCUT2D eigenvalue weighted by Gasteiger charge is 2.24. The van der Waals surface area contributed by atoms with Gasteiger partial charge in [0.2, 0.25) is 0 Å². The molecule has 4 rings (SSSR count). The van der Waals surface area contributed by atoms with Gasteiger partial charge in [-0.15, -0.1) is 0 Å². The van der Waals surface area contributed by atoms with E-state index in [1.807, 2.05) is 6.07 Å². The van der Waals surface area contributed by atoms with Gasteiger partial charge in [-0.25, -0.2) is 13.8 Å². The molecule has 3 aromatic carbocycles. The maximum absolute atomic E-state index is 13.4. The Morgan fingerprint density at radius 1 is 1.09 bits per heavy atom. The van der Waals surface area contributed by atoms with Crippen molar-refractivity contribution in [2.24, 2.45) is 4.99 Å². The average Bonchev–Trinajstić information content (AvgIpc) is 3.12. The largest absolute Gasteiger partial charge is 0.493 e. The summed E-state index contributed by atoms with van der Waals surface area (Å²) in [6.07, 6.45) is 1.73. The number of hydrogen-bond acceptors (Lipinski definition) is 5. The summed E-state index contributed by atoms with van der Waals surface area (Å²) >= 11 is 3.32. The number of rotatable bonds is 6. The second-order valence-electron chi connectivity index (χ2n) is 6.91. The highest BCUT2D eigenvalue weighted by Crippen LogP contribution is 2.36. The zero-order valence-electron chi connectivity index (χ0n) is 17.3. The van der Waals surface area contributed by atoms with Crippen molar-refractivity contribution >= 4 is 57.2 Å². The topological polar surface area (TPSA) is 59.9 Å². The van der Waals surface area contributed by atoms with Gasteiger partial charge in [0, 0.05) is 0 Å². The number of amidine groups is 1. The lowest BCUT2D eigenvalue weighted by Crippen LogP contribution is -2.19. The third kappa shape index (κ3) is 5.91. The lowest BCUT2D eigenvalue weighted by Gasteiger charge is -2.14. The monoisotopic (exact) mass is 578 g/mol. The lowest BCUT2D eigenvalue weighted by atomic mass is 10.2. The summed E-state index contributed by atoms with van der Waals surface area (Å²) in [4.78, 5) is 17.2. The van der Waals surface area contributed by atoms with E-state index in [9.17, 15) is 13.6 Å². The predicted octanol–water partition coefficient (Wildman–Crippen LogP) is 6.05. The van der Waals surface area contributed by atoms with E-state index < -0.39 is 0 Å². The van der Waals surface area contributed by atoms with Gasteiger partial charge >= 0.3 is 0 Å². The van der Waals surface area contributed by atoms with Gasteiger partial charge in [-0.05, 0) is 100 Å². The maximum atomic E-state index is 13.4. The molecular formula is C24H17F2IN2O3S. The van der Waals surface area contributed by atoms with E-state index in [4.69, 9.17) is 9.47 Å². The summed E-state index contributed by atoms with van der Waals surface area (Å²) < 4.78 is 38.6. The normalized spacial score (nSPS) is 15.7. The van der Waals surface area contributed by atoms with E-state index in [1.165, 1.54) is 55.3 Å². The molecule has 33 heavy (non-hydrogen) atoms. The number of nitrogens with one attached hydrogen (secondary N) is 1. The number of methoxy groups -OCH3 is 1. The Balaban J connectivity index is 1.53. The molecule has 0 saturated carbocycles. The van der Waals surface area contributed by atoms with Crippen molar-refractivity contribution in [2.45, 2.75) is 6.61 Å². The SMILES string of the molecule is COc1cc(/C=C2/SC(=Nc3ccc(F)cc3)NC2=O)cc(I)c1OCc1cccc(F)c1. The highest BCUT2D eigenvalue weighted by molar-refractivity contribution is 14.1. The third-order valence-corrected chi connectivity index (χ3v) is 6.24. The van der Waals surface area contributed by atoms with Crippen molar-refractivity contribution in [3.05, 3.63) is 91.9 Å². The van der Waals surface area contributed by atoms with Crippen LogP contribution in [0.15, 0.2) is 70.6 Å². The fraction of sp³-hybridized carbons (Fsp3) is 0.0833. The van der Waals surface area contributed by atoms with Crippen LogP contribution in [0.4, 0.5) is 14.5 Å². The standard InChI is InChI=1S/C24H17F2IN2O3S/c1-31-20-11-15(10-19(27)22(20)32-13-14-3-2-4-17(26)9-14)12-21-23(30)29-24(33-21)28-18-7-5-16(25)6-8-18/h2-12H,13H2,1H3,(H,28,29,30)/b21-12+. The van der Waals surface area contributed by atoms with E-state index in [0.29, 0.717) is 32.8 Å². The van der Waals surface area contributed by atoms with Gasteiger partial charge in [0.25, 0.3) is 5.91 Å². The summed E-state index contributed by atoms with van der Waals surface area (Å²) in [6, 6.07) is 15.5. The summed E-state index contributed by atoms with van der Waals surface area (Å²) in [6.45, 7) is 0.187. The van der Waals surface area contributed by atoms with Crippen molar-refractivity contribution < 1.29 is 23.0 Å². The molecule has 1 saturated heterocycles. The molecule has 1 aliphatic rings. The van der Waals surface area contributed by atoms with Crippen LogP contribution >= 0.6 is 34.4 Å². The molecule has 0 spiro atoms. The zero-order chi connectivity index (χ0) is 23.4. The first-order valence-electron chi connectivity index (χ1n) is 9.71.